The van der Waals surface area contributed by atoms with Crippen LogP contribution in [0.5, 0.6) is 0 Å². The van der Waals surface area contributed by atoms with Crippen molar-refractivity contribution in [1.29, 1.82) is 0 Å². The minimum atomic E-state index is -6.75. The largest absolute Gasteiger partial charge is 0.471 e. The molecule has 0 amide bonds. The lowest BCUT2D eigenvalue weighted by atomic mass is 10.4. The molecule has 1 aliphatic rings. The first-order valence-electron chi connectivity index (χ1n) is 4.94. The summed E-state index contributed by atoms with van der Waals surface area (Å²) in [5.41, 5.74) is 0. The number of hydrogen-bond donors (Lipinski definition) is 2. The number of hydrogen-bond acceptors (Lipinski definition) is 4. The molecule has 1 saturated heterocycles. The molecule has 0 aliphatic carbocycles. The number of halogens is 6. The van der Waals surface area contributed by atoms with Crippen molar-refractivity contribution in [3.05, 3.63) is 0 Å². The van der Waals surface area contributed by atoms with Crippen molar-refractivity contribution >= 4 is 20.4 Å². The standard InChI is InChI=1S/C4H9N.C2HF6NO4S2/c1-2-4-5-3-1;3-1(4,5)2(6,7)14(10,11)9-15(8,12)13/h5H,1-4H2;9H/p+1. The van der Waals surface area contributed by atoms with E-state index in [0.717, 1.165) is 0 Å². The quantitative estimate of drug-likeness (QED) is 0.534. The van der Waals surface area contributed by atoms with Crippen LogP contribution in [-0.2, 0) is 20.4 Å². The number of nitrogens with two attached hydrogens (primary N) is 1. The van der Waals surface area contributed by atoms with Gasteiger partial charge in [0.05, 0.1) is 13.1 Å². The first kappa shape index (κ1) is 19.4. The third-order valence-electron chi connectivity index (χ3n) is 1.94. The van der Waals surface area contributed by atoms with Gasteiger partial charge >= 0.3 is 31.9 Å². The second kappa shape index (κ2) is 6.44. The summed E-state index contributed by atoms with van der Waals surface area (Å²) < 4.78 is 109. The maximum Gasteiger partial charge on any atom is 0.471 e. The fourth-order valence-electron chi connectivity index (χ4n) is 1.06. The Morgan fingerprint density at radius 2 is 1.30 bits per heavy atom. The molecule has 0 saturated carbocycles. The molecule has 1 aliphatic heterocycles. The average molecular weight is 353 g/mol. The summed E-state index contributed by atoms with van der Waals surface area (Å²) in [6, 6.07) is 0. The Hall–Kier alpha value is -0.600. The Bertz CT molecular complexity index is 502. The van der Waals surface area contributed by atoms with Crippen molar-refractivity contribution in [2.75, 3.05) is 13.1 Å². The van der Waals surface area contributed by atoms with Crippen LogP contribution in [0.25, 0.3) is 0 Å². The SMILES string of the molecule is C1CC[NH2+]C1.O=S(=O)(F)NS(=O)(=O)C(F)(F)C(F)(F)F. The number of quaternary nitrogens is 1. The minimum absolute atomic E-state index is 0.450. The molecule has 0 unspecified atom stereocenters. The van der Waals surface area contributed by atoms with Crippen LogP contribution in [0, 0.1) is 0 Å². The van der Waals surface area contributed by atoms with Crippen LogP contribution in [0.3, 0.4) is 0 Å². The topological polar surface area (TPSA) is 96.9 Å². The average Bonchev–Trinajstić information content (AvgIpc) is 2.68. The van der Waals surface area contributed by atoms with E-state index in [9.17, 15) is 42.7 Å². The van der Waals surface area contributed by atoms with Gasteiger partial charge in [-0.1, -0.05) is 8.01 Å². The second-order valence-corrected chi connectivity index (χ2v) is 6.67. The molecule has 122 valence electrons. The maximum absolute atomic E-state index is 12.0. The van der Waals surface area contributed by atoms with Gasteiger partial charge in [0.15, 0.2) is 0 Å². The highest BCUT2D eigenvalue weighted by Gasteiger charge is 2.68. The van der Waals surface area contributed by atoms with Gasteiger partial charge in [-0.15, -0.1) is 0 Å². The monoisotopic (exact) mass is 353 g/mol. The lowest BCUT2D eigenvalue weighted by molar-refractivity contribution is -0.635. The van der Waals surface area contributed by atoms with E-state index in [1.807, 2.05) is 0 Å². The number of alkyl halides is 5. The van der Waals surface area contributed by atoms with Gasteiger partial charge in [-0.2, -0.15) is 30.4 Å². The van der Waals surface area contributed by atoms with E-state index in [0.29, 0.717) is 0 Å². The highest BCUT2D eigenvalue weighted by molar-refractivity contribution is 8.03. The third-order valence-corrected chi connectivity index (χ3v) is 4.52. The fourth-order valence-corrected chi connectivity index (χ4v) is 2.83. The van der Waals surface area contributed by atoms with Gasteiger partial charge in [-0.25, -0.2) is 8.42 Å². The van der Waals surface area contributed by atoms with Crippen molar-refractivity contribution in [3.8, 4) is 0 Å². The molecule has 14 heteroatoms. The van der Waals surface area contributed by atoms with Crippen molar-refractivity contribution < 1.29 is 48.0 Å². The third kappa shape index (κ3) is 5.80. The molecular weight excluding hydrogens is 342 g/mol. The van der Waals surface area contributed by atoms with E-state index in [1.54, 1.807) is 0 Å². The molecule has 1 heterocycles. The second-order valence-electron chi connectivity index (χ2n) is 3.61. The van der Waals surface area contributed by atoms with E-state index < -0.39 is 36.0 Å². The van der Waals surface area contributed by atoms with Crippen molar-refractivity contribution in [3.63, 3.8) is 0 Å². The van der Waals surface area contributed by atoms with Gasteiger partial charge in [0, 0.05) is 12.8 Å². The van der Waals surface area contributed by atoms with Crippen LogP contribution in [0.15, 0.2) is 0 Å². The molecule has 0 aromatic rings. The van der Waals surface area contributed by atoms with Crippen LogP contribution in [0.2, 0.25) is 0 Å². The smallest absolute Gasteiger partial charge is 0.346 e. The summed E-state index contributed by atoms with van der Waals surface area (Å²) in [6.07, 6.45) is -3.68. The summed E-state index contributed by atoms with van der Waals surface area (Å²) in [7, 11) is -13.0. The fraction of sp³-hybridized carbons (Fsp3) is 1.00. The van der Waals surface area contributed by atoms with Crippen LogP contribution in [0.1, 0.15) is 12.8 Å². The Morgan fingerprint density at radius 3 is 1.50 bits per heavy atom. The van der Waals surface area contributed by atoms with Gasteiger partial charge in [0.2, 0.25) is 0 Å². The summed E-state index contributed by atoms with van der Waals surface area (Å²) in [6.45, 7) is 2.75. The van der Waals surface area contributed by atoms with Crippen LogP contribution >= 0.6 is 0 Å². The molecule has 6 nitrogen and oxygen atoms in total. The first-order chi connectivity index (χ1) is 8.71. The molecule has 0 bridgehead atoms. The molecule has 1 rings (SSSR count). The zero-order chi connectivity index (χ0) is 16.2. The molecule has 0 aromatic carbocycles. The molecule has 0 spiro atoms. The molecule has 0 radical (unpaired) electrons. The molecule has 20 heavy (non-hydrogen) atoms. The van der Waals surface area contributed by atoms with Crippen molar-refractivity contribution in [1.82, 2.24) is 4.13 Å². The normalized spacial score (nSPS) is 17.5. The van der Waals surface area contributed by atoms with Gasteiger partial charge in [-0.3, -0.25) is 0 Å². The maximum atomic E-state index is 12.0. The predicted octanol–water partition coefficient (Wildman–Crippen LogP) is -0.381. The van der Waals surface area contributed by atoms with E-state index in [1.165, 1.54) is 25.9 Å². The molecule has 3 N–H and O–H groups in total. The van der Waals surface area contributed by atoms with Crippen LogP contribution < -0.4 is 9.44 Å². The number of rotatable bonds is 3. The van der Waals surface area contributed by atoms with E-state index in [4.69, 9.17) is 0 Å². The zero-order valence-electron chi connectivity index (χ0n) is 9.62. The summed E-state index contributed by atoms with van der Waals surface area (Å²) >= 11 is 0. The molecule has 1 fully saturated rings. The van der Waals surface area contributed by atoms with Crippen molar-refractivity contribution in [2.45, 2.75) is 24.3 Å². The highest BCUT2D eigenvalue weighted by atomic mass is 32.3. The minimum Gasteiger partial charge on any atom is -0.346 e. The number of nitrogens with one attached hydrogen (secondary N) is 1. The summed E-state index contributed by atoms with van der Waals surface area (Å²) in [4.78, 5) is 0. The first-order valence-corrected chi connectivity index (χ1v) is 7.81. The Balaban J connectivity index is 0.000000595. The van der Waals surface area contributed by atoms with Gasteiger partial charge in [-0.05, 0) is 0 Å². The predicted molar refractivity (Wildman–Crippen MR) is 54.0 cm³/mol. The van der Waals surface area contributed by atoms with E-state index in [2.05, 4.69) is 5.32 Å². The van der Waals surface area contributed by atoms with Crippen LogP contribution in [-0.4, -0.2) is 41.4 Å². The Kier molecular flexibility index (Phi) is 6.25. The Labute approximate surface area is 110 Å². The van der Waals surface area contributed by atoms with Crippen LogP contribution in [0.4, 0.5) is 25.8 Å². The zero-order valence-corrected chi connectivity index (χ0v) is 11.3. The summed E-state index contributed by atoms with van der Waals surface area (Å²) in [5, 5.41) is -4.06. The number of sulfonamides is 1. The highest BCUT2D eigenvalue weighted by Crippen LogP contribution is 2.39. The van der Waals surface area contributed by atoms with Crippen molar-refractivity contribution in [2.24, 2.45) is 0 Å². The van der Waals surface area contributed by atoms with Gasteiger partial charge in [0.25, 0.3) is 0 Å². The van der Waals surface area contributed by atoms with Gasteiger partial charge in [0.1, 0.15) is 0 Å². The molecular formula is C6H11F6N2O4S2+. The summed E-state index contributed by atoms with van der Waals surface area (Å²) in [5.74, 6) is 0. The Morgan fingerprint density at radius 1 is 0.900 bits per heavy atom. The molecule has 0 atom stereocenters. The van der Waals surface area contributed by atoms with Gasteiger partial charge < -0.3 is 5.32 Å². The molecule has 0 aromatic heterocycles. The van der Waals surface area contributed by atoms with E-state index >= 15 is 0 Å². The lowest BCUT2D eigenvalue weighted by Crippen LogP contribution is -2.80. The lowest BCUT2D eigenvalue weighted by Gasteiger charge is -2.18. The van der Waals surface area contributed by atoms with E-state index in [-0.39, 0.29) is 0 Å².